The van der Waals surface area contributed by atoms with Gasteiger partial charge >= 0.3 is 5.97 Å². The third kappa shape index (κ3) is 4.12. The van der Waals surface area contributed by atoms with Gasteiger partial charge in [-0.25, -0.2) is 0 Å². The quantitative estimate of drug-likeness (QED) is 0.591. The molecule has 0 unspecified atom stereocenters. The van der Waals surface area contributed by atoms with E-state index >= 15 is 0 Å². The first-order valence-corrected chi connectivity index (χ1v) is 6.28. The Balaban J connectivity index is 2.92. The molecule has 1 aromatic rings. The van der Waals surface area contributed by atoms with Gasteiger partial charge in [0, 0.05) is 19.5 Å². The molecule has 0 aromatic heterocycles. The molecule has 0 fully saturated rings. The highest BCUT2D eigenvalue weighted by molar-refractivity contribution is 5.96. The lowest BCUT2D eigenvalue weighted by Gasteiger charge is -2.21. The number of rotatable bonds is 6. The summed E-state index contributed by atoms with van der Waals surface area (Å²) in [5.74, 6) is -0.314. The van der Waals surface area contributed by atoms with Gasteiger partial charge in [0.05, 0.1) is 12.3 Å². The van der Waals surface area contributed by atoms with Crippen LogP contribution in [0.1, 0.15) is 19.4 Å². The Bertz CT molecular complexity index is 510. The molecule has 0 bridgehead atoms. The van der Waals surface area contributed by atoms with Crippen molar-refractivity contribution in [1.82, 2.24) is 0 Å². The van der Waals surface area contributed by atoms with E-state index in [0.29, 0.717) is 18.1 Å². The molecule has 0 spiro atoms. The summed E-state index contributed by atoms with van der Waals surface area (Å²) in [6, 6.07) is 7.26. The van der Waals surface area contributed by atoms with Crippen molar-refractivity contribution in [3.8, 4) is 0 Å². The number of amides is 1. The minimum atomic E-state index is -0.487. The predicted octanol–water partition coefficient (Wildman–Crippen LogP) is 2.22. The molecule has 0 radical (unpaired) electrons. The lowest BCUT2D eigenvalue weighted by molar-refractivity contribution is -0.145. The molecular weight excluding hydrogens is 258 g/mol. The lowest BCUT2D eigenvalue weighted by Crippen LogP contribution is -2.31. The number of anilines is 1. The molecule has 0 aliphatic carbocycles. The Kier molecular flexibility index (Phi) is 5.77. The molecule has 5 nitrogen and oxygen atoms in total. The number of carbonyl (C=O) groups excluding carboxylic acids is 2. The number of esters is 1. The van der Waals surface area contributed by atoms with Crippen molar-refractivity contribution in [2.24, 2.45) is 0 Å². The van der Waals surface area contributed by atoms with Gasteiger partial charge in [0.1, 0.15) is 5.76 Å². The van der Waals surface area contributed by atoms with Crippen LogP contribution < -0.4 is 4.90 Å². The average Bonchev–Trinajstić information content (AvgIpc) is 2.44. The molecule has 0 aliphatic rings. The Labute approximate surface area is 118 Å². The van der Waals surface area contributed by atoms with E-state index in [4.69, 9.17) is 9.47 Å². The van der Waals surface area contributed by atoms with Crippen LogP contribution in [0.4, 0.5) is 5.69 Å². The van der Waals surface area contributed by atoms with Crippen molar-refractivity contribution < 1.29 is 19.1 Å². The molecule has 1 aromatic carbocycles. The highest BCUT2D eigenvalue weighted by Gasteiger charge is 2.17. The van der Waals surface area contributed by atoms with Gasteiger partial charge in [0.2, 0.25) is 0 Å². The largest absolute Gasteiger partial charge is 0.494 e. The van der Waals surface area contributed by atoms with E-state index in [-0.39, 0.29) is 12.5 Å². The monoisotopic (exact) mass is 277 g/mol. The Hall–Kier alpha value is -2.30. The minimum Gasteiger partial charge on any atom is -0.494 e. The molecule has 0 aliphatic heterocycles. The number of para-hydroxylation sites is 1. The fourth-order valence-corrected chi connectivity index (χ4v) is 1.65. The van der Waals surface area contributed by atoms with Crippen LogP contribution in [-0.4, -0.2) is 32.1 Å². The van der Waals surface area contributed by atoms with Gasteiger partial charge in [-0.05, 0) is 19.1 Å². The molecule has 0 saturated carbocycles. The average molecular weight is 277 g/mol. The summed E-state index contributed by atoms with van der Waals surface area (Å²) < 4.78 is 10.1. The van der Waals surface area contributed by atoms with Crippen LogP contribution in [0.15, 0.2) is 30.8 Å². The van der Waals surface area contributed by atoms with Crippen LogP contribution in [0, 0.1) is 0 Å². The normalized spacial score (nSPS) is 9.75. The highest BCUT2D eigenvalue weighted by atomic mass is 16.5. The maximum Gasteiger partial charge on any atom is 0.303 e. The number of ether oxygens (including phenoxy) is 2. The summed E-state index contributed by atoms with van der Waals surface area (Å²) in [6.07, 6.45) is 0. The molecular formula is C15H19NO4. The van der Waals surface area contributed by atoms with Gasteiger partial charge in [-0.2, -0.15) is 0 Å². The molecule has 108 valence electrons. The third-order valence-electron chi connectivity index (χ3n) is 2.66. The third-order valence-corrected chi connectivity index (χ3v) is 2.66. The molecule has 1 rings (SSSR count). The van der Waals surface area contributed by atoms with Gasteiger partial charge in [-0.1, -0.05) is 18.7 Å². The molecule has 0 saturated heterocycles. The van der Waals surface area contributed by atoms with E-state index in [2.05, 4.69) is 6.58 Å². The fourth-order valence-electron chi connectivity index (χ4n) is 1.65. The van der Waals surface area contributed by atoms with E-state index in [0.717, 1.165) is 5.56 Å². The van der Waals surface area contributed by atoms with E-state index in [1.54, 1.807) is 13.1 Å². The summed E-state index contributed by atoms with van der Waals surface area (Å²) in [5.41, 5.74) is 1.39. The van der Waals surface area contributed by atoms with Gasteiger partial charge in [0.25, 0.3) is 5.91 Å². The van der Waals surface area contributed by atoms with Crippen molar-refractivity contribution in [2.75, 3.05) is 25.2 Å². The van der Waals surface area contributed by atoms with E-state index in [1.165, 1.54) is 11.8 Å². The highest BCUT2D eigenvalue weighted by Crippen LogP contribution is 2.26. The van der Waals surface area contributed by atoms with Gasteiger partial charge in [-0.3, -0.25) is 9.59 Å². The summed E-state index contributed by atoms with van der Waals surface area (Å²) in [6.45, 7) is 7.18. The second-order valence-electron chi connectivity index (χ2n) is 4.11. The summed E-state index contributed by atoms with van der Waals surface area (Å²) in [4.78, 5) is 24.1. The second kappa shape index (κ2) is 7.33. The predicted molar refractivity (Wildman–Crippen MR) is 77.1 cm³/mol. The first-order chi connectivity index (χ1) is 9.47. The Morgan fingerprint density at radius 2 is 1.90 bits per heavy atom. The lowest BCUT2D eigenvalue weighted by atomic mass is 10.1. The van der Waals surface area contributed by atoms with Crippen molar-refractivity contribution >= 4 is 23.3 Å². The first kappa shape index (κ1) is 15.8. The molecule has 0 N–H and O–H groups in total. The van der Waals surface area contributed by atoms with Crippen LogP contribution in [0.3, 0.4) is 0 Å². The number of hydrogen-bond acceptors (Lipinski definition) is 4. The number of likely N-dealkylation sites (N-methyl/N-ethyl adjacent to an activating group) is 1. The Morgan fingerprint density at radius 1 is 1.25 bits per heavy atom. The summed E-state index contributed by atoms with van der Waals surface area (Å²) >= 11 is 0. The summed E-state index contributed by atoms with van der Waals surface area (Å²) in [7, 11) is 1.61. The van der Waals surface area contributed by atoms with Crippen molar-refractivity contribution in [2.45, 2.75) is 13.8 Å². The smallest absolute Gasteiger partial charge is 0.303 e. The molecule has 1 amide bonds. The number of carbonyl (C=O) groups is 2. The standard InChI is InChI=1S/C15H19NO4/c1-5-19-11(2)13-8-6-7-9-14(13)16(4)15(18)10-20-12(3)17/h6-9H,2,5,10H2,1,3-4H3. The number of nitrogens with zero attached hydrogens (tertiary/aromatic N) is 1. The first-order valence-electron chi connectivity index (χ1n) is 6.28. The zero-order valence-corrected chi connectivity index (χ0v) is 12.0. The maximum absolute atomic E-state index is 12.0. The van der Waals surface area contributed by atoms with Gasteiger partial charge < -0.3 is 14.4 Å². The molecule has 0 atom stereocenters. The van der Waals surface area contributed by atoms with Crippen LogP contribution >= 0.6 is 0 Å². The summed E-state index contributed by atoms with van der Waals surface area (Å²) in [5, 5.41) is 0. The van der Waals surface area contributed by atoms with Crippen molar-refractivity contribution in [3.05, 3.63) is 36.4 Å². The van der Waals surface area contributed by atoms with E-state index < -0.39 is 5.97 Å². The van der Waals surface area contributed by atoms with Crippen LogP contribution in [0.5, 0.6) is 0 Å². The topological polar surface area (TPSA) is 55.8 Å². The molecule has 0 heterocycles. The zero-order valence-electron chi connectivity index (χ0n) is 12.0. The van der Waals surface area contributed by atoms with Gasteiger partial charge in [-0.15, -0.1) is 0 Å². The fraction of sp³-hybridized carbons (Fsp3) is 0.333. The Morgan fingerprint density at radius 3 is 2.50 bits per heavy atom. The minimum absolute atomic E-state index is 0.290. The van der Waals surface area contributed by atoms with Crippen LogP contribution in [-0.2, 0) is 19.1 Å². The van der Waals surface area contributed by atoms with E-state index in [9.17, 15) is 9.59 Å². The van der Waals surface area contributed by atoms with Crippen LogP contribution in [0.2, 0.25) is 0 Å². The number of hydrogen-bond donors (Lipinski definition) is 0. The van der Waals surface area contributed by atoms with E-state index in [1.807, 2.05) is 25.1 Å². The molecule has 20 heavy (non-hydrogen) atoms. The van der Waals surface area contributed by atoms with Crippen molar-refractivity contribution in [3.63, 3.8) is 0 Å². The second-order valence-corrected chi connectivity index (χ2v) is 4.11. The zero-order chi connectivity index (χ0) is 15.1. The SMILES string of the molecule is C=C(OCC)c1ccccc1N(C)C(=O)COC(C)=O. The van der Waals surface area contributed by atoms with Crippen LogP contribution in [0.25, 0.3) is 5.76 Å². The van der Waals surface area contributed by atoms with Crippen molar-refractivity contribution in [1.29, 1.82) is 0 Å². The van der Waals surface area contributed by atoms with Gasteiger partial charge in [0.15, 0.2) is 6.61 Å². The maximum atomic E-state index is 12.0. The molecule has 5 heteroatoms. The number of benzene rings is 1.